The Hall–Kier alpha value is -1.02. The quantitative estimate of drug-likeness (QED) is 0.810. The van der Waals surface area contributed by atoms with Crippen LogP contribution in [-0.4, -0.2) is 13.2 Å². The summed E-state index contributed by atoms with van der Waals surface area (Å²) in [5.74, 6) is 1.67. The van der Waals surface area contributed by atoms with Gasteiger partial charge in [0.25, 0.3) is 0 Å². The van der Waals surface area contributed by atoms with E-state index in [1.807, 2.05) is 13.1 Å². The number of ether oxygens (including phenoxy) is 1. The van der Waals surface area contributed by atoms with Crippen LogP contribution >= 0.6 is 0 Å². The smallest absolute Gasteiger partial charge is 0.124 e. The fraction of sp³-hybridized carbons (Fsp3) is 0.600. The topological polar surface area (TPSA) is 21.3 Å². The van der Waals surface area contributed by atoms with Gasteiger partial charge >= 0.3 is 0 Å². The first kappa shape index (κ1) is 14.0. The fourth-order valence-corrected chi connectivity index (χ4v) is 2.03. The summed E-state index contributed by atoms with van der Waals surface area (Å²) in [6.07, 6.45) is 1.35. The largest absolute Gasteiger partial charge is 0.490 e. The Morgan fingerprint density at radius 1 is 1.12 bits per heavy atom. The first-order valence-corrected chi connectivity index (χ1v) is 6.47. The molecule has 0 radical (unpaired) electrons. The normalized spacial score (nSPS) is 14.7. The molecular formula is C15H25NO. The van der Waals surface area contributed by atoms with E-state index in [2.05, 4.69) is 51.2 Å². The number of para-hydroxylation sites is 1. The molecule has 0 fully saturated rings. The highest BCUT2D eigenvalue weighted by Gasteiger charge is 2.12. The van der Waals surface area contributed by atoms with Crippen LogP contribution in [0.25, 0.3) is 0 Å². The van der Waals surface area contributed by atoms with Crippen molar-refractivity contribution in [2.75, 3.05) is 7.05 Å². The molecule has 0 heterocycles. The predicted octanol–water partition coefficient (Wildman–Crippen LogP) is 3.78. The van der Waals surface area contributed by atoms with E-state index in [1.165, 1.54) is 5.56 Å². The molecule has 1 rings (SSSR count). The van der Waals surface area contributed by atoms with Gasteiger partial charge in [-0.1, -0.05) is 32.0 Å². The highest BCUT2D eigenvalue weighted by molar-refractivity contribution is 5.35. The molecule has 96 valence electrons. The SMILES string of the molecule is CNC(C)c1ccccc1OC(C)CC(C)C. The molecule has 2 atom stereocenters. The lowest BCUT2D eigenvalue weighted by Gasteiger charge is -2.21. The van der Waals surface area contributed by atoms with Gasteiger partial charge in [-0.05, 0) is 39.3 Å². The van der Waals surface area contributed by atoms with Crippen LogP contribution in [0.1, 0.15) is 45.7 Å². The molecule has 1 aromatic rings. The summed E-state index contributed by atoms with van der Waals surface area (Å²) in [5, 5.41) is 3.26. The summed E-state index contributed by atoms with van der Waals surface area (Å²) in [6.45, 7) is 8.74. The predicted molar refractivity (Wildman–Crippen MR) is 73.5 cm³/mol. The highest BCUT2D eigenvalue weighted by Crippen LogP contribution is 2.26. The Morgan fingerprint density at radius 2 is 1.76 bits per heavy atom. The summed E-state index contributed by atoms with van der Waals surface area (Å²) in [4.78, 5) is 0. The first-order valence-electron chi connectivity index (χ1n) is 6.47. The summed E-state index contributed by atoms with van der Waals surface area (Å²) in [5.41, 5.74) is 1.23. The van der Waals surface area contributed by atoms with Crippen LogP contribution in [-0.2, 0) is 0 Å². The van der Waals surface area contributed by atoms with Gasteiger partial charge in [-0.15, -0.1) is 0 Å². The maximum absolute atomic E-state index is 6.04. The molecule has 0 aromatic heterocycles. The number of nitrogens with one attached hydrogen (secondary N) is 1. The van der Waals surface area contributed by atoms with Crippen molar-refractivity contribution >= 4 is 0 Å². The second kappa shape index (κ2) is 6.65. The molecule has 2 unspecified atom stereocenters. The standard InChI is InChI=1S/C15H25NO/c1-11(2)10-12(3)17-15-9-7-6-8-14(15)13(4)16-5/h6-9,11-13,16H,10H2,1-5H3. The minimum Gasteiger partial charge on any atom is -0.490 e. The molecule has 0 saturated carbocycles. The Balaban J connectivity index is 2.76. The van der Waals surface area contributed by atoms with Crippen molar-refractivity contribution in [3.05, 3.63) is 29.8 Å². The molecule has 17 heavy (non-hydrogen) atoms. The van der Waals surface area contributed by atoms with Crippen molar-refractivity contribution in [2.45, 2.75) is 46.3 Å². The molecule has 0 spiro atoms. The molecule has 2 nitrogen and oxygen atoms in total. The van der Waals surface area contributed by atoms with E-state index in [-0.39, 0.29) is 6.10 Å². The van der Waals surface area contributed by atoms with Gasteiger partial charge < -0.3 is 10.1 Å². The molecule has 0 aliphatic rings. The Kier molecular flexibility index (Phi) is 5.49. The van der Waals surface area contributed by atoms with Gasteiger partial charge in [-0.2, -0.15) is 0 Å². The molecule has 0 aliphatic heterocycles. The lowest BCUT2D eigenvalue weighted by atomic mass is 10.1. The lowest BCUT2D eigenvalue weighted by Crippen LogP contribution is -2.18. The van der Waals surface area contributed by atoms with Gasteiger partial charge in [0.15, 0.2) is 0 Å². The number of rotatable bonds is 6. The van der Waals surface area contributed by atoms with Gasteiger partial charge in [0, 0.05) is 11.6 Å². The van der Waals surface area contributed by atoms with Crippen molar-refractivity contribution in [1.29, 1.82) is 0 Å². The van der Waals surface area contributed by atoms with Gasteiger partial charge in [0.1, 0.15) is 5.75 Å². The van der Waals surface area contributed by atoms with E-state index in [4.69, 9.17) is 4.74 Å². The lowest BCUT2D eigenvalue weighted by molar-refractivity contribution is 0.190. The third-order valence-corrected chi connectivity index (χ3v) is 2.95. The zero-order valence-corrected chi connectivity index (χ0v) is 11.7. The average molecular weight is 235 g/mol. The van der Waals surface area contributed by atoms with E-state index in [0.29, 0.717) is 12.0 Å². The van der Waals surface area contributed by atoms with Crippen LogP contribution < -0.4 is 10.1 Å². The maximum Gasteiger partial charge on any atom is 0.124 e. The Labute approximate surface area is 105 Å². The number of hydrogen-bond donors (Lipinski definition) is 1. The number of benzene rings is 1. The summed E-state index contributed by atoms with van der Waals surface area (Å²) in [6, 6.07) is 8.59. The third-order valence-electron chi connectivity index (χ3n) is 2.95. The van der Waals surface area contributed by atoms with Gasteiger partial charge in [-0.25, -0.2) is 0 Å². The zero-order valence-electron chi connectivity index (χ0n) is 11.7. The third kappa shape index (κ3) is 4.39. The molecule has 0 bridgehead atoms. The van der Waals surface area contributed by atoms with Crippen molar-refractivity contribution in [2.24, 2.45) is 5.92 Å². The summed E-state index contributed by atoms with van der Waals surface area (Å²) in [7, 11) is 1.97. The average Bonchev–Trinajstić information content (AvgIpc) is 2.27. The van der Waals surface area contributed by atoms with Crippen LogP contribution in [0.15, 0.2) is 24.3 Å². The van der Waals surface area contributed by atoms with E-state index >= 15 is 0 Å². The first-order chi connectivity index (χ1) is 8.04. The molecule has 0 amide bonds. The van der Waals surface area contributed by atoms with Crippen molar-refractivity contribution in [1.82, 2.24) is 5.32 Å². The van der Waals surface area contributed by atoms with Crippen LogP contribution in [0, 0.1) is 5.92 Å². The van der Waals surface area contributed by atoms with Crippen molar-refractivity contribution in [3.63, 3.8) is 0 Å². The second-order valence-electron chi connectivity index (χ2n) is 5.11. The minimum atomic E-state index is 0.264. The minimum absolute atomic E-state index is 0.264. The zero-order chi connectivity index (χ0) is 12.8. The molecule has 0 saturated heterocycles. The Morgan fingerprint density at radius 3 is 2.35 bits per heavy atom. The van der Waals surface area contributed by atoms with Crippen LogP contribution in [0.5, 0.6) is 5.75 Å². The molecule has 0 aliphatic carbocycles. The van der Waals surface area contributed by atoms with E-state index in [1.54, 1.807) is 0 Å². The van der Waals surface area contributed by atoms with E-state index in [0.717, 1.165) is 12.2 Å². The van der Waals surface area contributed by atoms with Crippen LogP contribution in [0.3, 0.4) is 0 Å². The fourth-order valence-electron chi connectivity index (χ4n) is 2.03. The van der Waals surface area contributed by atoms with E-state index < -0.39 is 0 Å². The molecule has 1 aromatic carbocycles. The second-order valence-corrected chi connectivity index (χ2v) is 5.11. The summed E-state index contributed by atoms with van der Waals surface area (Å²) < 4.78 is 6.04. The molecular weight excluding hydrogens is 210 g/mol. The van der Waals surface area contributed by atoms with Crippen molar-refractivity contribution < 1.29 is 4.74 Å². The highest BCUT2D eigenvalue weighted by atomic mass is 16.5. The van der Waals surface area contributed by atoms with E-state index in [9.17, 15) is 0 Å². The van der Waals surface area contributed by atoms with Crippen LogP contribution in [0.2, 0.25) is 0 Å². The van der Waals surface area contributed by atoms with Gasteiger partial charge in [-0.3, -0.25) is 0 Å². The summed E-state index contributed by atoms with van der Waals surface area (Å²) >= 11 is 0. The molecule has 2 heteroatoms. The Bertz CT molecular complexity index is 335. The maximum atomic E-state index is 6.04. The van der Waals surface area contributed by atoms with Crippen molar-refractivity contribution in [3.8, 4) is 5.75 Å². The molecule has 1 N–H and O–H groups in total. The number of hydrogen-bond acceptors (Lipinski definition) is 2. The monoisotopic (exact) mass is 235 g/mol. The van der Waals surface area contributed by atoms with Gasteiger partial charge in [0.05, 0.1) is 6.10 Å². The van der Waals surface area contributed by atoms with Crippen LogP contribution in [0.4, 0.5) is 0 Å². The van der Waals surface area contributed by atoms with Gasteiger partial charge in [0.2, 0.25) is 0 Å².